The molecule has 12 rings (SSSR count). The first-order valence-electron chi connectivity index (χ1n) is 34.4. The number of ether oxygens (including phenoxy) is 18. The quantitative estimate of drug-likeness (QED) is 0.0590. The van der Waals surface area contributed by atoms with E-state index in [0.29, 0.717) is 242 Å². The van der Waals surface area contributed by atoms with Gasteiger partial charge in [-0.1, -0.05) is 26.2 Å². The van der Waals surface area contributed by atoms with Crippen molar-refractivity contribution in [2.45, 2.75) is 65.2 Å². The largest absolute Gasteiger partial charge is 3.00 e. The summed E-state index contributed by atoms with van der Waals surface area (Å²) in [7, 11) is 1.63. The number of hydrogen-bond acceptors (Lipinski definition) is 22. The Hall–Kier alpha value is -7.07. The molecule has 4 aromatic carbocycles. The molecule has 5 aliphatic rings. The number of fused-ring (bicyclic) bond motifs is 23. The van der Waals surface area contributed by atoms with Gasteiger partial charge in [0.1, 0.15) is 39.6 Å². The van der Waals surface area contributed by atoms with E-state index >= 15 is 0 Å². The monoisotopic (exact) mass is 1540 g/mol. The molecule has 7 aromatic rings. The van der Waals surface area contributed by atoms with Gasteiger partial charge < -0.3 is 100 Å². The molecule has 0 saturated carbocycles. The number of rotatable bonds is 13. The molecule has 8 bridgehead atoms. The van der Waals surface area contributed by atoms with Gasteiger partial charge in [0.05, 0.1) is 162 Å². The zero-order valence-corrected chi connectivity index (χ0v) is 58.8. The summed E-state index contributed by atoms with van der Waals surface area (Å²) in [6, 6.07) is 23.7. The van der Waals surface area contributed by atoms with Crippen molar-refractivity contribution in [1.29, 1.82) is 0 Å². The number of esters is 1. The van der Waals surface area contributed by atoms with Gasteiger partial charge in [0, 0.05) is 28.7 Å². The van der Waals surface area contributed by atoms with Crippen LogP contribution >= 0.6 is 0 Å². The van der Waals surface area contributed by atoms with Crippen LogP contribution in [0.4, 0.5) is 0 Å². The minimum Gasteiger partial charge on any atom is -0.657 e. The van der Waals surface area contributed by atoms with Crippen molar-refractivity contribution in [3.05, 3.63) is 72.8 Å². The smallest absolute Gasteiger partial charge is 0.657 e. The molecular weight excluding hydrogens is 1450 g/mol. The summed E-state index contributed by atoms with van der Waals surface area (Å²) < 4.78 is 110. The first-order valence-corrected chi connectivity index (χ1v) is 34.4. The van der Waals surface area contributed by atoms with Gasteiger partial charge in [-0.2, -0.15) is 6.92 Å². The Kier molecular flexibility index (Phi) is 30.6. The summed E-state index contributed by atoms with van der Waals surface area (Å²) >= 11 is 0. The second kappa shape index (κ2) is 40.5. The summed E-state index contributed by atoms with van der Waals surface area (Å²) in [6.45, 7) is 12.8. The second-order valence-electron chi connectivity index (χ2n) is 23.4. The molecule has 25 heteroatoms. The number of methoxy groups -OCH3 is 1. The van der Waals surface area contributed by atoms with Gasteiger partial charge in [0.15, 0.2) is 46.0 Å². The van der Waals surface area contributed by atoms with E-state index in [2.05, 4.69) is 6.92 Å². The van der Waals surface area contributed by atoms with Crippen LogP contribution in [0.5, 0.6) is 46.0 Å². The summed E-state index contributed by atoms with van der Waals surface area (Å²) in [5.41, 5.74) is 7.85. The number of unbranched alkanes of at least 4 members (excludes halogenated alkanes) is 5. The van der Waals surface area contributed by atoms with Crippen LogP contribution < -0.4 is 47.9 Å². The van der Waals surface area contributed by atoms with Crippen LogP contribution in [0.2, 0.25) is 0 Å². The Labute approximate surface area is 611 Å². The van der Waals surface area contributed by atoms with Crippen LogP contribution in [0.15, 0.2) is 72.8 Å². The maximum atomic E-state index is 12.6. The maximum absolute atomic E-state index is 12.6. The third kappa shape index (κ3) is 21.0. The molecule has 0 N–H and O–H groups in total. The molecule has 0 radical (unpaired) electrons. The van der Waals surface area contributed by atoms with Crippen LogP contribution in [0.3, 0.4) is 0 Å². The third-order valence-corrected chi connectivity index (χ3v) is 16.5. The molecule has 3 aromatic heterocycles. The zero-order chi connectivity index (χ0) is 68.2. The average Bonchev–Trinajstić information content (AvgIpc) is 1.59. The maximum Gasteiger partial charge on any atom is 3.00 e. The molecule has 8 heterocycles. The van der Waals surface area contributed by atoms with Crippen molar-refractivity contribution in [3.8, 4) is 91.0 Å². The number of hydrogen-bond donors (Lipinski definition) is 0. The first-order chi connectivity index (χ1) is 48.9. The van der Waals surface area contributed by atoms with E-state index in [1.807, 2.05) is 72.8 Å². The van der Waals surface area contributed by atoms with E-state index in [0.717, 1.165) is 75.9 Å². The van der Waals surface area contributed by atoms with Crippen molar-refractivity contribution in [3.63, 3.8) is 0 Å². The summed E-state index contributed by atoms with van der Waals surface area (Å²) in [6.07, 6.45) is 8.24. The molecule has 0 aliphatic carbocycles. The number of benzene rings is 4. The molecule has 544 valence electrons. The Morgan fingerprint density at radius 2 is 0.680 bits per heavy atom. The first kappa shape index (κ1) is 75.6. The molecule has 0 spiro atoms. The van der Waals surface area contributed by atoms with Crippen molar-refractivity contribution < 1.29 is 132 Å². The van der Waals surface area contributed by atoms with Crippen molar-refractivity contribution in [2.75, 3.05) is 179 Å². The molecule has 5 aliphatic heterocycles. The Balaban J connectivity index is 0.00000265. The van der Waals surface area contributed by atoms with E-state index in [9.17, 15) is 4.79 Å². The predicted molar refractivity (Wildman–Crippen MR) is 370 cm³/mol. The van der Waals surface area contributed by atoms with Crippen LogP contribution in [0.25, 0.3) is 88.6 Å². The van der Waals surface area contributed by atoms with Crippen LogP contribution in [-0.2, 0) is 57.0 Å². The van der Waals surface area contributed by atoms with Crippen molar-refractivity contribution in [1.82, 2.24) is 19.9 Å². The Bertz CT molecular complexity index is 3960. The van der Waals surface area contributed by atoms with Gasteiger partial charge in [-0.05, 0) is 120 Å². The number of carbonyl (C=O) groups excluding carboxylic acids is 2. The van der Waals surface area contributed by atoms with Gasteiger partial charge >= 0.3 is 42.8 Å². The minimum absolute atomic E-state index is 0. The van der Waals surface area contributed by atoms with E-state index in [-0.39, 0.29) is 82.5 Å². The van der Waals surface area contributed by atoms with Crippen LogP contribution in [-0.4, -0.2) is 201 Å². The van der Waals surface area contributed by atoms with Crippen molar-refractivity contribution in [2.24, 2.45) is 0 Å². The van der Waals surface area contributed by atoms with E-state index in [4.69, 9.17) is 110 Å². The standard InChI is InChI=1S/C73H86N4O19.C2H3O.Lu/c1-3-4-5-8-12-96-73(78)10-7-6-9-11-89-66-38-50-49(37-65(66)79-2)57-45-59-51-39-67-68(91-32-26-84-20-14-80-13-19-83-25-31-90-67)40-52(51)61(75-59)47-63-55-43-71-72(95-36-30-88-24-18-82-17-23-87-29-35-94-71)44-56(55)64(77-63)48-62-54-42-70-69(41-53(54)60(76-62)46-58(50)74-57)92-33-27-85-21-15-81-16-22-86-28-34-93-70;1-2-3;/h37-48H,3-36H2,1-2H3;1H3;/q-2;-1;+3. The fraction of sp³-hybridized carbons (Fsp3) is 0.493. The van der Waals surface area contributed by atoms with Gasteiger partial charge in [-0.3, -0.25) is 11.1 Å². The van der Waals surface area contributed by atoms with Gasteiger partial charge in [0.2, 0.25) is 0 Å². The van der Waals surface area contributed by atoms with Crippen LogP contribution in [0.1, 0.15) is 65.2 Å². The fourth-order valence-electron chi connectivity index (χ4n) is 11.7. The Morgan fingerprint density at radius 3 is 1.01 bits per heavy atom. The van der Waals surface area contributed by atoms with Gasteiger partial charge in [-0.15, -0.1) is 22.1 Å². The zero-order valence-electron chi connectivity index (χ0n) is 57.2. The molecule has 24 nitrogen and oxygen atoms in total. The molecule has 0 unspecified atom stereocenters. The van der Waals surface area contributed by atoms with Gasteiger partial charge in [0.25, 0.3) is 0 Å². The molecule has 0 saturated heterocycles. The summed E-state index contributed by atoms with van der Waals surface area (Å²) in [4.78, 5) is 43.2. The topological polar surface area (TPSA) is 254 Å². The van der Waals surface area contributed by atoms with E-state index in [1.165, 1.54) is 13.2 Å². The molecule has 0 fully saturated rings. The molecular formula is C75H89LuN4O20. The summed E-state index contributed by atoms with van der Waals surface area (Å²) in [5.74, 6) is 3.88. The van der Waals surface area contributed by atoms with E-state index < -0.39 is 0 Å². The Morgan fingerprint density at radius 1 is 0.390 bits per heavy atom. The predicted octanol–water partition coefficient (Wildman–Crippen LogP) is 11.2. The fourth-order valence-corrected chi connectivity index (χ4v) is 11.7. The second-order valence-corrected chi connectivity index (χ2v) is 23.4. The SMILES string of the molecule is CCCCCCOC(=O)CCCCCOc1cc2c3cc4nc(cc5[n-]c(cc6nc(cc([n-]3)c2cc1OC)-c1cc2c(cc1-6)OCCOCCOCCOCCO2)c1cc2c(cc51)OCCOCCOCCOCCO2)-c1cc2c(cc1-4)OCCOCCOCCOCCO2.C[C-]=O.[Lu+3]. The van der Waals surface area contributed by atoms with Crippen molar-refractivity contribution >= 4 is 55.9 Å². The minimum atomic E-state index is -0.165. The molecule has 100 heavy (non-hydrogen) atoms. The average molecular weight is 1540 g/mol. The summed E-state index contributed by atoms with van der Waals surface area (Å²) in [5, 5.41) is 3.07. The number of aromatic nitrogens is 4. The third-order valence-electron chi connectivity index (χ3n) is 16.5. The number of nitrogens with zero attached hydrogens (tertiary/aromatic N) is 4. The van der Waals surface area contributed by atoms with Crippen LogP contribution in [0, 0.1) is 36.9 Å². The molecule has 0 amide bonds. The van der Waals surface area contributed by atoms with E-state index in [1.54, 1.807) is 7.11 Å². The number of carbonyl (C=O) groups is 1. The van der Waals surface area contributed by atoms with Gasteiger partial charge in [-0.25, -0.2) is 9.97 Å². The normalized spacial score (nSPS) is 16.3. The molecule has 0 atom stereocenters.